The molecule has 0 aliphatic rings. The second-order valence-electron chi connectivity index (χ2n) is 6.84. The summed E-state index contributed by atoms with van der Waals surface area (Å²) in [4.78, 5) is 30.7. The summed E-state index contributed by atoms with van der Waals surface area (Å²) < 4.78 is 1.28. The Labute approximate surface area is 182 Å². The molecule has 2 aromatic heterocycles. The van der Waals surface area contributed by atoms with Crippen molar-refractivity contribution in [3.8, 4) is 0 Å². The number of aryl methyl sites for hydroxylation is 1. The second kappa shape index (κ2) is 8.77. The number of hydrogen-bond acceptors (Lipinski definition) is 4. The fourth-order valence-corrected chi connectivity index (χ4v) is 3.86. The fourth-order valence-electron chi connectivity index (χ4n) is 2.94. The first-order chi connectivity index (χ1) is 14.5. The van der Waals surface area contributed by atoms with Crippen LogP contribution in [0.4, 0.5) is 0 Å². The largest absolute Gasteiger partial charge is 0.348 e. The lowest BCUT2D eigenvalue weighted by Gasteiger charge is -2.06. The third kappa shape index (κ3) is 4.58. The minimum absolute atomic E-state index is 0.260. The zero-order valence-corrected chi connectivity index (χ0v) is 17.8. The molecule has 152 valence electrons. The average molecular weight is 439 g/mol. The number of nitrogens with one attached hydrogen (secondary N) is 2. The van der Waals surface area contributed by atoms with Crippen LogP contribution in [0.5, 0.6) is 0 Å². The lowest BCUT2D eigenvalue weighted by Crippen LogP contribution is -2.23. The van der Waals surface area contributed by atoms with E-state index in [0.29, 0.717) is 34.2 Å². The van der Waals surface area contributed by atoms with Gasteiger partial charge >= 0.3 is 0 Å². The highest BCUT2D eigenvalue weighted by Gasteiger charge is 2.15. The van der Waals surface area contributed by atoms with Gasteiger partial charge in [0.2, 0.25) is 0 Å². The van der Waals surface area contributed by atoms with E-state index in [2.05, 4.69) is 15.4 Å². The highest BCUT2D eigenvalue weighted by Crippen LogP contribution is 2.23. The third-order valence-electron chi connectivity index (χ3n) is 4.57. The maximum Gasteiger partial charge on any atom is 0.272 e. The van der Waals surface area contributed by atoms with Crippen molar-refractivity contribution in [3.63, 3.8) is 0 Å². The van der Waals surface area contributed by atoms with Gasteiger partial charge in [-0.1, -0.05) is 41.4 Å². The van der Waals surface area contributed by atoms with Crippen molar-refractivity contribution in [2.24, 2.45) is 0 Å². The first-order valence-electron chi connectivity index (χ1n) is 9.32. The van der Waals surface area contributed by atoms with Gasteiger partial charge in [0, 0.05) is 34.5 Å². The van der Waals surface area contributed by atoms with Gasteiger partial charge in [0.1, 0.15) is 5.56 Å². The van der Waals surface area contributed by atoms with Crippen LogP contribution in [-0.2, 0) is 12.3 Å². The number of amides is 1. The van der Waals surface area contributed by atoms with E-state index in [1.165, 1.54) is 16.8 Å². The van der Waals surface area contributed by atoms with Crippen molar-refractivity contribution >= 4 is 34.9 Å². The van der Waals surface area contributed by atoms with Crippen LogP contribution in [0.2, 0.25) is 5.02 Å². The Balaban J connectivity index is 1.52. The molecular formula is C22H19ClN4O2S. The summed E-state index contributed by atoms with van der Waals surface area (Å²) in [6, 6.07) is 16.9. The van der Waals surface area contributed by atoms with Gasteiger partial charge in [-0.05, 0) is 36.8 Å². The van der Waals surface area contributed by atoms with Crippen molar-refractivity contribution < 1.29 is 4.79 Å². The van der Waals surface area contributed by atoms with E-state index in [-0.39, 0.29) is 11.5 Å². The number of aromatic amines is 1. The summed E-state index contributed by atoms with van der Waals surface area (Å²) in [6.07, 6.45) is 1.50. The molecule has 0 aliphatic carbocycles. The number of halogens is 1. The number of benzene rings is 2. The average Bonchev–Trinajstić information content (AvgIpc) is 3.17. The molecule has 2 aromatic carbocycles. The predicted molar refractivity (Wildman–Crippen MR) is 119 cm³/mol. The molecule has 0 fully saturated rings. The molecule has 2 N–H and O–H groups in total. The molecule has 0 bridgehead atoms. The quantitative estimate of drug-likeness (QED) is 0.442. The Hall–Kier alpha value is -3.03. The number of carbonyl (C=O) groups excluding carboxylic acids is 1. The van der Waals surface area contributed by atoms with Crippen LogP contribution in [0, 0.1) is 6.92 Å². The standard InChI is InChI=1S/C22H19ClN4O2S/c1-14-2-4-15(5-3-14)11-24-22(29)19-12-25-27-20(28)10-17(26-21(19)27)13-30-18-8-6-16(23)7-9-18/h2-10,12,25H,11,13H2,1H3,(H,24,29). The topological polar surface area (TPSA) is 79.3 Å². The normalized spacial score (nSPS) is 11.0. The molecule has 2 heterocycles. The summed E-state index contributed by atoms with van der Waals surface area (Å²) in [7, 11) is 0. The Kier molecular flexibility index (Phi) is 5.92. The van der Waals surface area contributed by atoms with Crippen molar-refractivity contribution in [1.82, 2.24) is 19.9 Å². The monoisotopic (exact) mass is 438 g/mol. The Bertz CT molecular complexity index is 1250. The van der Waals surface area contributed by atoms with Crippen LogP contribution in [-0.4, -0.2) is 20.5 Å². The molecule has 0 radical (unpaired) electrons. The van der Waals surface area contributed by atoms with Crippen molar-refractivity contribution in [2.45, 2.75) is 24.1 Å². The number of fused-ring (bicyclic) bond motifs is 1. The molecule has 0 atom stereocenters. The molecule has 0 aliphatic heterocycles. The number of carbonyl (C=O) groups is 1. The molecule has 4 aromatic rings. The maximum atomic E-state index is 12.7. The molecular weight excluding hydrogens is 420 g/mol. The lowest BCUT2D eigenvalue weighted by atomic mass is 10.1. The van der Waals surface area contributed by atoms with Crippen molar-refractivity contribution in [1.29, 1.82) is 0 Å². The minimum atomic E-state index is -0.288. The molecule has 6 nitrogen and oxygen atoms in total. The summed E-state index contributed by atoms with van der Waals surface area (Å²) in [5.74, 6) is 0.215. The minimum Gasteiger partial charge on any atom is -0.348 e. The summed E-state index contributed by atoms with van der Waals surface area (Å²) in [5.41, 5.74) is 3.15. The number of hydrogen-bond donors (Lipinski definition) is 2. The van der Waals surface area contributed by atoms with Gasteiger partial charge in [0.15, 0.2) is 5.65 Å². The number of nitrogens with zero attached hydrogens (tertiary/aromatic N) is 2. The van der Waals surface area contributed by atoms with E-state index in [1.807, 2.05) is 55.5 Å². The second-order valence-corrected chi connectivity index (χ2v) is 8.33. The summed E-state index contributed by atoms with van der Waals surface area (Å²) in [5, 5.41) is 6.36. The molecule has 30 heavy (non-hydrogen) atoms. The summed E-state index contributed by atoms with van der Waals surface area (Å²) in [6.45, 7) is 2.41. The van der Waals surface area contributed by atoms with E-state index in [1.54, 1.807) is 11.8 Å². The highest BCUT2D eigenvalue weighted by atomic mass is 35.5. The van der Waals surface area contributed by atoms with Gasteiger partial charge in [-0.3, -0.25) is 14.7 Å². The van der Waals surface area contributed by atoms with Gasteiger partial charge in [-0.15, -0.1) is 11.8 Å². The molecule has 1 amide bonds. The Morgan fingerprint density at radius 2 is 1.90 bits per heavy atom. The molecule has 0 saturated heterocycles. The Morgan fingerprint density at radius 1 is 1.17 bits per heavy atom. The number of H-pyrrole nitrogens is 1. The van der Waals surface area contributed by atoms with Gasteiger partial charge in [0.25, 0.3) is 11.5 Å². The fraction of sp³-hybridized carbons (Fsp3) is 0.136. The highest BCUT2D eigenvalue weighted by molar-refractivity contribution is 7.98. The smallest absolute Gasteiger partial charge is 0.272 e. The Morgan fingerprint density at radius 3 is 2.63 bits per heavy atom. The zero-order chi connectivity index (χ0) is 21.1. The van der Waals surface area contributed by atoms with Crippen LogP contribution in [0.1, 0.15) is 27.2 Å². The summed E-state index contributed by atoms with van der Waals surface area (Å²) >= 11 is 7.46. The van der Waals surface area contributed by atoms with Crippen molar-refractivity contribution in [2.75, 3.05) is 0 Å². The number of thioether (sulfide) groups is 1. The first-order valence-corrected chi connectivity index (χ1v) is 10.7. The van der Waals surface area contributed by atoms with Gasteiger partial charge in [-0.25, -0.2) is 9.50 Å². The van der Waals surface area contributed by atoms with Crippen LogP contribution < -0.4 is 10.9 Å². The van der Waals surface area contributed by atoms with E-state index in [4.69, 9.17) is 11.6 Å². The van der Waals surface area contributed by atoms with Gasteiger partial charge < -0.3 is 5.32 Å². The predicted octanol–water partition coefficient (Wildman–Crippen LogP) is 4.21. The van der Waals surface area contributed by atoms with Crippen LogP contribution in [0.15, 0.2) is 70.5 Å². The zero-order valence-electron chi connectivity index (χ0n) is 16.2. The maximum absolute atomic E-state index is 12.7. The van der Waals surface area contributed by atoms with Gasteiger partial charge in [-0.2, -0.15) is 0 Å². The van der Waals surface area contributed by atoms with Gasteiger partial charge in [0.05, 0.1) is 5.69 Å². The third-order valence-corrected chi connectivity index (χ3v) is 5.87. The van der Waals surface area contributed by atoms with Crippen LogP contribution in [0.3, 0.4) is 0 Å². The van der Waals surface area contributed by atoms with Crippen LogP contribution >= 0.6 is 23.4 Å². The molecule has 0 saturated carbocycles. The van der Waals surface area contributed by atoms with E-state index in [0.717, 1.165) is 16.0 Å². The van der Waals surface area contributed by atoms with E-state index < -0.39 is 0 Å². The van der Waals surface area contributed by atoms with Crippen LogP contribution in [0.25, 0.3) is 5.65 Å². The number of rotatable bonds is 6. The van der Waals surface area contributed by atoms with Crippen molar-refractivity contribution in [3.05, 3.63) is 98.6 Å². The molecule has 8 heteroatoms. The molecule has 4 rings (SSSR count). The SMILES string of the molecule is Cc1ccc(CNC(=O)c2c[nH]n3c(=O)cc(CSc4ccc(Cl)cc4)nc23)cc1. The molecule has 0 spiro atoms. The number of aromatic nitrogens is 3. The molecule has 0 unspecified atom stereocenters. The lowest BCUT2D eigenvalue weighted by molar-refractivity contribution is 0.0952. The van der Waals surface area contributed by atoms with E-state index >= 15 is 0 Å². The first kappa shape index (κ1) is 20.3. The van der Waals surface area contributed by atoms with E-state index in [9.17, 15) is 9.59 Å².